The highest BCUT2D eigenvalue weighted by molar-refractivity contribution is 5.98. The van der Waals surface area contributed by atoms with Crippen molar-refractivity contribution in [2.24, 2.45) is 5.41 Å². The van der Waals surface area contributed by atoms with Gasteiger partial charge in [0.2, 0.25) is 5.91 Å². The smallest absolute Gasteiger partial charge is 0.251 e. The Balaban J connectivity index is 1.69. The molecule has 3 rings (SSSR count). The lowest BCUT2D eigenvalue weighted by Gasteiger charge is -2.28. The first-order valence-corrected chi connectivity index (χ1v) is 10.9. The molecule has 0 spiro atoms. The van der Waals surface area contributed by atoms with Crippen LogP contribution in [0.3, 0.4) is 0 Å². The molecule has 0 bridgehead atoms. The Labute approximate surface area is 185 Å². The van der Waals surface area contributed by atoms with Crippen molar-refractivity contribution >= 4 is 17.5 Å². The van der Waals surface area contributed by atoms with Gasteiger partial charge in [0, 0.05) is 23.2 Å². The van der Waals surface area contributed by atoms with Gasteiger partial charge in [0.25, 0.3) is 5.91 Å². The van der Waals surface area contributed by atoms with Crippen molar-refractivity contribution in [2.75, 3.05) is 32.1 Å². The maximum Gasteiger partial charge on any atom is 0.251 e. The van der Waals surface area contributed by atoms with E-state index in [1.165, 1.54) is 12.8 Å². The molecule has 6 heteroatoms. The zero-order valence-corrected chi connectivity index (χ0v) is 18.9. The molecule has 2 aromatic rings. The highest BCUT2D eigenvalue weighted by atomic mass is 16.5. The summed E-state index contributed by atoms with van der Waals surface area (Å²) >= 11 is 0. The zero-order valence-electron chi connectivity index (χ0n) is 18.9. The number of likely N-dealkylation sites (tertiary alicyclic amines) is 1. The monoisotopic (exact) mass is 423 g/mol. The number of benzene rings is 2. The van der Waals surface area contributed by atoms with Gasteiger partial charge in [0.1, 0.15) is 5.75 Å². The van der Waals surface area contributed by atoms with E-state index < -0.39 is 5.41 Å². The minimum atomic E-state index is -0.500. The molecule has 1 aliphatic heterocycles. The summed E-state index contributed by atoms with van der Waals surface area (Å²) < 4.78 is 5.28. The number of carbonyl (C=O) groups is 2. The number of rotatable bonds is 7. The van der Waals surface area contributed by atoms with Crippen LogP contribution in [0.15, 0.2) is 48.5 Å². The second kappa shape index (κ2) is 9.96. The van der Waals surface area contributed by atoms with Crippen LogP contribution < -0.4 is 15.4 Å². The second-order valence-electron chi connectivity index (χ2n) is 9.03. The van der Waals surface area contributed by atoms with Gasteiger partial charge in [-0.3, -0.25) is 14.5 Å². The van der Waals surface area contributed by atoms with Crippen LogP contribution in [-0.4, -0.2) is 43.5 Å². The summed E-state index contributed by atoms with van der Waals surface area (Å²) in [4.78, 5) is 27.5. The van der Waals surface area contributed by atoms with Crippen LogP contribution in [0.5, 0.6) is 5.75 Å². The Morgan fingerprint density at radius 3 is 2.35 bits per heavy atom. The average molecular weight is 424 g/mol. The van der Waals surface area contributed by atoms with Gasteiger partial charge in [-0.15, -0.1) is 0 Å². The molecule has 31 heavy (non-hydrogen) atoms. The SMILES string of the molecule is COc1ccc(C(CNC(=O)c2cccc(NC(=O)C(C)(C)C)c2)N2CCCC2)cc1. The standard InChI is InChI=1S/C25H33N3O3/c1-25(2,3)24(30)27-20-9-7-8-19(16-20)23(29)26-17-22(28-14-5-6-15-28)18-10-12-21(31-4)13-11-18/h7-13,16,22H,5-6,14-15,17H2,1-4H3,(H,26,29)(H,27,30). The number of ether oxygens (including phenoxy) is 1. The molecular formula is C25H33N3O3. The highest BCUT2D eigenvalue weighted by Crippen LogP contribution is 2.26. The lowest BCUT2D eigenvalue weighted by Crippen LogP contribution is -2.36. The van der Waals surface area contributed by atoms with Crippen molar-refractivity contribution in [3.8, 4) is 5.75 Å². The maximum absolute atomic E-state index is 12.9. The Bertz CT molecular complexity index is 897. The molecule has 166 valence electrons. The first-order chi connectivity index (χ1) is 14.8. The van der Waals surface area contributed by atoms with E-state index in [0.29, 0.717) is 17.8 Å². The molecular weight excluding hydrogens is 390 g/mol. The van der Waals surface area contributed by atoms with E-state index >= 15 is 0 Å². The summed E-state index contributed by atoms with van der Waals surface area (Å²) in [6.07, 6.45) is 2.35. The predicted molar refractivity (Wildman–Crippen MR) is 123 cm³/mol. The first kappa shape index (κ1) is 22.8. The Kier molecular flexibility index (Phi) is 7.33. The van der Waals surface area contributed by atoms with Crippen LogP contribution in [0.4, 0.5) is 5.69 Å². The number of methoxy groups -OCH3 is 1. The number of nitrogens with zero attached hydrogens (tertiary/aromatic N) is 1. The molecule has 1 saturated heterocycles. The van der Waals surface area contributed by atoms with E-state index in [4.69, 9.17) is 4.74 Å². The maximum atomic E-state index is 12.9. The van der Waals surface area contributed by atoms with Crippen molar-refractivity contribution < 1.29 is 14.3 Å². The van der Waals surface area contributed by atoms with Crippen molar-refractivity contribution in [3.63, 3.8) is 0 Å². The lowest BCUT2D eigenvalue weighted by atomic mass is 9.95. The van der Waals surface area contributed by atoms with Crippen molar-refractivity contribution in [1.82, 2.24) is 10.2 Å². The molecule has 0 radical (unpaired) electrons. The van der Waals surface area contributed by atoms with Gasteiger partial charge < -0.3 is 15.4 Å². The third-order valence-electron chi connectivity index (χ3n) is 5.60. The van der Waals surface area contributed by atoms with Crippen molar-refractivity contribution in [2.45, 2.75) is 39.7 Å². The van der Waals surface area contributed by atoms with Gasteiger partial charge in [-0.05, 0) is 61.8 Å². The Hall–Kier alpha value is -2.86. The minimum Gasteiger partial charge on any atom is -0.497 e. The second-order valence-corrected chi connectivity index (χ2v) is 9.03. The van der Waals surface area contributed by atoms with E-state index in [0.717, 1.165) is 24.4 Å². The van der Waals surface area contributed by atoms with Gasteiger partial charge >= 0.3 is 0 Å². The predicted octanol–water partition coefficient (Wildman–Crippen LogP) is 4.25. The van der Waals surface area contributed by atoms with Gasteiger partial charge in [0.05, 0.1) is 13.2 Å². The number of hydrogen-bond acceptors (Lipinski definition) is 4. The molecule has 0 saturated carbocycles. The van der Waals surface area contributed by atoms with Crippen molar-refractivity contribution in [1.29, 1.82) is 0 Å². The topological polar surface area (TPSA) is 70.7 Å². The molecule has 1 aliphatic rings. The minimum absolute atomic E-state index is 0.0846. The fourth-order valence-electron chi connectivity index (χ4n) is 3.69. The number of amides is 2. The van der Waals surface area contributed by atoms with Crippen LogP contribution in [0.25, 0.3) is 0 Å². The van der Waals surface area contributed by atoms with Crippen LogP contribution in [0, 0.1) is 5.41 Å². The third kappa shape index (κ3) is 6.07. The summed E-state index contributed by atoms with van der Waals surface area (Å²) in [5.74, 6) is 0.588. The number of anilines is 1. The van der Waals surface area contributed by atoms with Crippen LogP contribution >= 0.6 is 0 Å². The average Bonchev–Trinajstić information content (AvgIpc) is 3.28. The normalized spacial score (nSPS) is 15.4. The van der Waals surface area contributed by atoms with Crippen LogP contribution in [0.2, 0.25) is 0 Å². The molecule has 1 unspecified atom stereocenters. The Morgan fingerprint density at radius 1 is 1.06 bits per heavy atom. The molecule has 1 fully saturated rings. The molecule has 6 nitrogen and oxygen atoms in total. The fraction of sp³-hybridized carbons (Fsp3) is 0.440. The van der Waals surface area contributed by atoms with E-state index in [-0.39, 0.29) is 17.9 Å². The summed E-state index contributed by atoms with van der Waals surface area (Å²) in [5, 5.41) is 5.97. The van der Waals surface area contributed by atoms with Crippen molar-refractivity contribution in [3.05, 3.63) is 59.7 Å². The Morgan fingerprint density at radius 2 is 1.74 bits per heavy atom. The number of hydrogen-bond donors (Lipinski definition) is 2. The summed E-state index contributed by atoms with van der Waals surface area (Å²) in [6, 6.07) is 15.2. The third-order valence-corrected chi connectivity index (χ3v) is 5.60. The van der Waals surface area contributed by atoms with Gasteiger partial charge in [0.15, 0.2) is 0 Å². The summed E-state index contributed by atoms with van der Waals surface area (Å²) in [7, 11) is 1.66. The quantitative estimate of drug-likeness (QED) is 0.699. The molecule has 2 aromatic carbocycles. The molecule has 1 heterocycles. The van der Waals surface area contributed by atoms with Gasteiger partial charge in [-0.1, -0.05) is 39.0 Å². The van der Waals surface area contributed by atoms with E-state index in [1.807, 2.05) is 32.9 Å². The van der Waals surface area contributed by atoms with Gasteiger partial charge in [-0.25, -0.2) is 0 Å². The zero-order chi connectivity index (χ0) is 22.4. The first-order valence-electron chi connectivity index (χ1n) is 10.9. The molecule has 0 aliphatic carbocycles. The highest BCUT2D eigenvalue weighted by Gasteiger charge is 2.25. The van der Waals surface area contributed by atoms with Crippen LogP contribution in [0.1, 0.15) is 55.6 Å². The molecule has 2 N–H and O–H groups in total. The summed E-state index contributed by atoms with van der Waals surface area (Å²) in [5.41, 5.74) is 1.81. The largest absolute Gasteiger partial charge is 0.497 e. The summed E-state index contributed by atoms with van der Waals surface area (Å²) in [6.45, 7) is 8.15. The molecule has 0 aromatic heterocycles. The van der Waals surface area contributed by atoms with Crippen LogP contribution in [-0.2, 0) is 4.79 Å². The number of nitrogens with one attached hydrogen (secondary N) is 2. The van der Waals surface area contributed by atoms with E-state index in [9.17, 15) is 9.59 Å². The van der Waals surface area contributed by atoms with Gasteiger partial charge in [-0.2, -0.15) is 0 Å². The fourth-order valence-corrected chi connectivity index (χ4v) is 3.69. The lowest BCUT2D eigenvalue weighted by molar-refractivity contribution is -0.123. The number of carbonyl (C=O) groups excluding carboxylic acids is 2. The molecule has 2 amide bonds. The molecule has 1 atom stereocenters. The van der Waals surface area contributed by atoms with E-state index in [2.05, 4.69) is 27.7 Å². The van der Waals surface area contributed by atoms with E-state index in [1.54, 1.807) is 31.4 Å².